The predicted octanol–water partition coefficient (Wildman–Crippen LogP) is 2.66. The van der Waals surface area contributed by atoms with Gasteiger partial charge >= 0.3 is 5.97 Å². The molecule has 2 unspecified atom stereocenters. The maximum absolute atomic E-state index is 10.9. The van der Waals surface area contributed by atoms with Crippen molar-refractivity contribution in [1.29, 1.82) is 0 Å². The average molecular weight is 269 g/mol. The van der Waals surface area contributed by atoms with Gasteiger partial charge in [0, 0.05) is 11.3 Å². The molecule has 1 aliphatic carbocycles. The molecule has 0 bridgehead atoms. The zero-order chi connectivity index (χ0) is 13.1. The van der Waals surface area contributed by atoms with E-state index in [0.717, 1.165) is 5.25 Å². The Balaban J connectivity index is 1.87. The molecule has 1 heterocycles. The maximum atomic E-state index is 10.9. The lowest BCUT2D eigenvalue weighted by molar-refractivity contribution is 0.0695. The molecule has 0 saturated heterocycles. The van der Waals surface area contributed by atoms with Gasteiger partial charge < -0.3 is 14.8 Å². The fourth-order valence-electron chi connectivity index (χ4n) is 2.43. The third-order valence-electron chi connectivity index (χ3n) is 3.48. The largest absolute Gasteiger partial charge is 0.478 e. The van der Waals surface area contributed by atoms with Crippen molar-refractivity contribution < 1.29 is 14.3 Å². The average Bonchev–Trinajstić information content (AvgIpc) is 2.92. The summed E-state index contributed by atoms with van der Waals surface area (Å²) in [5.41, 5.74) is 0.264. The van der Waals surface area contributed by atoms with Gasteiger partial charge in [-0.05, 0) is 38.5 Å². The Kier molecular flexibility index (Phi) is 4.35. The molecule has 0 aromatic carbocycles. The molecule has 2 rings (SSSR count). The fourth-order valence-corrected chi connectivity index (χ4v) is 3.22. The lowest BCUT2D eigenvalue weighted by Crippen LogP contribution is -2.25. The zero-order valence-corrected chi connectivity index (χ0v) is 11.5. The first-order valence-corrected chi connectivity index (χ1v) is 7.47. The molecule has 1 fully saturated rings. The van der Waals surface area contributed by atoms with Crippen LogP contribution in [0.25, 0.3) is 0 Å². The minimum atomic E-state index is -0.925. The molecular formula is C13H19NO3S. The molecule has 18 heavy (non-hydrogen) atoms. The maximum Gasteiger partial charge on any atom is 0.339 e. The number of aryl methyl sites for hydroxylation is 1. The molecule has 1 saturated carbocycles. The van der Waals surface area contributed by atoms with Crippen molar-refractivity contribution in [2.24, 2.45) is 0 Å². The van der Waals surface area contributed by atoms with Gasteiger partial charge in [-0.3, -0.25) is 0 Å². The van der Waals surface area contributed by atoms with Crippen LogP contribution in [0, 0.1) is 6.92 Å². The van der Waals surface area contributed by atoms with Crippen LogP contribution in [0.1, 0.15) is 41.1 Å². The molecule has 1 aliphatic rings. The van der Waals surface area contributed by atoms with Gasteiger partial charge in [-0.25, -0.2) is 4.79 Å². The minimum Gasteiger partial charge on any atom is -0.478 e. The fraction of sp³-hybridized carbons (Fsp3) is 0.615. The first-order valence-electron chi connectivity index (χ1n) is 6.19. The topological polar surface area (TPSA) is 62.5 Å². The van der Waals surface area contributed by atoms with E-state index in [1.54, 1.807) is 13.0 Å². The van der Waals surface area contributed by atoms with Crippen molar-refractivity contribution >= 4 is 17.7 Å². The molecule has 1 aromatic rings. The molecule has 2 N–H and O–H groups in total. The smallest absolute Gasteiger partial charge is 0.339 e. The number of furan rings is 1. The van der Waals surface area contributed by atoms with Crippen LogP contribution in [0.15, 0.2) is 10.5 Å². The van der Waals surface area contributed by atoms with E-state index >= 15 is 0 Å². The summed E-state index contributed by atoms with van der Waals surface area (Å²) in [5, 5.41) is 13.1. The zero-order valence-electron chi connectivity index (χ0n) is 10.7. The van der Waals surface area contributed by atoms with Crippen molar-refractivity contribution in [3.8, 4) is 0 Å². The van der Waals surface area contributed by atoms with Crippen molar-refractivity contribution in [2.45, 2.75) is 44.0 Å². The predicted molar refractivity (Wildman–Crippen MR) is 72.2 cm³/mol. The van der Waals surface area contributed by atoms with Crippen LogP contribution in [-0.4, -0.2) is 28.6 Å². The van der Waals surface area contributed by atoms with E-state index < -0.39 is 5.97 Å². The molecule has 0 aliphatic heterocycles. The minimum absolute atomic E-state index is 0.264. The van der Waals surface area contributed by atoms with E-state index in [-0.39, 0.29) is 5.56 Å². The van der Waals surface area contributed by atoms with Gasteiger partial charge in [0.1, 0.15) is 17.1 Å². The van der Waals surface area contributed by atoms with Gasteiger partial charge in [0.25, 0.3) is 0 Å². The molecule has 0 radical (unpaired) electrons. The monoisotopic (exact) mass is 269 g/mol. The highest BCUT2D eigenvalue weighted by molar-refractivity contribution is 7.99. The number of thioether (sulfide) groups is 1. The third kappa shape index (κ3) is 3.09. The molecule has 4 nitrogen and oxygen atoms in total. The van der Waals surface area contributed by atoms with Crippen LogP contribution in [0.5, 0.6) is 0 Å². The van der Waals surface area contributed by atoms with Crippen molar-refractivity contribution in [3.05, 3.63) is 23.2 Å². The van der Waals surface area contributed by atoms with Crippen LogP contribution in [0.3, 0.4) is 0 Å². The molecule has 5 heteroatoms. The Morgan fingerprint density at radius 2 is 2.39 bits per heavy atom. The second-order valence-corrected chi connectivity index (χ2v) is 5.87. The standard InChI is InChI=1S/C13H19NO3S/c1-8-12(13(15)16)6-10(17-8)7-14-9-3-4-11(5-9)18-2/h6,9,11,14H,3-5,7H2,1-2H3,(H,15,16). The van der Waals surface area contributed by atoms with E-state index in [9.17, 15) is 4.79 Å². The summed E-state index contributed by atoms with van der Waals surface area (Å²) in [6.45, 7) is 2.30. The molecule has 2 atom stereocenters. The molecule has 1 aromatic heterocycles. The molecule has 100 valence electrons. The number of carbonyl (C=O) groups is 1. The highest BCUT2D eigenvalue weighted by Gasteiger charge is 2.23. The van der Waals surface area contributed by atoms with Crippen LogP contribution >= 0.6 is 11.8 Å². The van der Waals surface area contributed by atoms with Gasteiger partial charge in [-0.2, -0.15) is 11.8 Å². The van der Waals surface area contributed by atoms with Crippen LogP contribution in [-0.2, 0) is 6.54 Å². The second kappa shape index (κ2) is 5.80. The summed E-state index contributed by atoms with van der Waals surface area (Å²) in [6.07, 6.45) is 5.79. The summed E-state index contributed by atoms with van der Waals surface area (Å²) >= 11 is 1.93. The Labute approximate surface area is 111 Å². The first kappa shape index (κ1) is 13.5. The van der Waals surface area contributed by atoms with Crippen LogP contribution in [0.2, 0.25) is 0 Å². The Morgan fingerprint density at radius 1 is 1.61 bits per heavy atom. The van der Waals surface area contributed by atoms with E-state index in [1.165, 1.54) is 19.3 Å². The van der Waals surface area contributed by atoms with Gasteiger partial charge in [0.15, 0.2) is 0 Å². The van der Waals surface area contributed by atoms with E-state index in [0.29, 0.717) is 24.1 Å². The van der Waals surface area contributed by atoms with Gasteiger partial charge in [-0.1, -0.05) is 0 Å². The summed E-state index contributed by atoms with van der Waals surface area (Å²) in [4.78, 5) is 10.9. The highest BCUT2D eigenvalue weighted by Crippen LogP contribution is 2.28. The Hall–Kier alpha value is -0.940. The van der Waals surface area contributed by atoms with Crippen molar-refractivity contribution in [3.63, 3.8) is 0 Å². The molecule has 0 spiro atoms. The van der Waals surface area contributed by atoms with E-state index in [1.807, 2.05) is 11.8 Å². The Morgan fingerprint density at radius 3 is 2.94 bits per heavy atom. The van der Waals surface area contributed by atoms with E-state index in [4.69, 9.17) is 9.52 Å². The number of nitrogens with one attached hydrogen (secondary N) is 1. The van der Waals surface area contributed by atoms with E-state index in [2.05, 4.69) is 11.6 Å². The van der Waals surface area contributed by atoms with Crippen molar-refractivity contribution in [2.75, 3.05) is 6.26 Å². The number of aromatic carboxylic acids is 1. The lowest BCUT2D eigenvalue weighted by atomic mass is 10.2. The third-order valence-corrected chi connectivity index (χ3v) is 4.58. The SMILES string of the molecule is CSC1CCC(NCc2cc(C(=O)O)c(C)o2)C1. The Bertz CT molecular complexity index is 430. The molecule has 0 amide bonds. The number of carboxylic acid groups (broad SMARTS) is 1. The first-order chi connectivity index (χ1) is 8.60. The number of hydrogen-bond donors (Lipinski definition) is 2. The summed E-state index contributed by atoms with van der Waals surface area (Å²) < 4.78 is 5.44. The highest BCUT2D eigenvalue weighted by atomic mass is 32.2. The summed E-state index contributed by atoms with van der Waals surface area (Å²) in [7, 11) is 0. The lowest BCUT2D eigenvalue weighted by Gasteiger charge is -2.11. The number of rotatable bonds is 5. The van der Waals surface area contributed by atoms with Gasteiger partial charge in [0.2, 0.25) is 0 Å². The normalized spacial score (nSPS) is 23.4. The van der Waals surface area contributed by atoms with Crippen molar-refractivity contribution in [1.82, 2.24) is 5.32 Å². The quantitative estimate of drug-likeness (QED) is 0.860. The summed E-state index contributed by atoms with van der Waals surface area (Å²) in [5.74, 6) is 0.260. The van der Waals surface area contributed by atoms with Gasteiger partial charge in [-0.15, -0.1) is 0 Å². The number of hydrogen-bond acceptors (Lipinski definition) is 4. The molecular weight excluding hydrogens is 250 g/mol. The van der Waals surface area contributed by atoms with Crippen LogP contribution < -0.4 is 5.32 Å². The van der Waals surface area contributed by atoms with Crippen LogP contribution in [0.4, 0.5) is 0 Å². The summed E-state index contributed by atoms with van der Waals surface area (Å²) in [6, 6.07) is 2.15. The number of carboxylic acids is 1. The van der Waals surface area contributed by atoms with Gasteiger partial charge in [0.05, 0.1) is 6.54 Å². The second-order valence-electron chi connectivity index (χ2n) is 4.74.